The number of para-hydroxylation sites is 1. The summed E-state index contributed by atoms with van der Waals surface area (Å²) in [5.41, 5.74) is 5.17. The molecule has 21 heavy (non-hydrogen) atoms. The fraction of sp³-hybridized carbons (Fsp3) is 0.333. The summed E-state index contributed by atoms with van der Waals surface area (Å²) in [7, 11) is 0. The molecule has 1 heterocycles. The molecule has 0 aromatic heterocycles. The number of hydrogen-bond acceptors (Lipinski definition) is 3. The molecule has 2 aromatic carbocycles. The fourth-order valence-corrected chi connectivity index (χ4v) is 2.68. The molecule has 3 nitrogen and oxygen atoms in total. The van der Waals surface area contributed by atoms with Gasteiger partial charge in [0.25, 0.3) is 0 Å². The molecule has 0 bridgehead atoms. The van der Waals surface area contributed by atoms with Gasteiger partial charge in [-0.15, -0.1) is 0 Å². The van der Waals surface area contributed by atoms with Crippen LogP contribution >= 0.6 is 0 Å². The van der Waals surface area contributed by atoms with Crippen molar-refractivity contribution in [3.8, 4) is 5.75 Å². The predicted molar refractivity (Wildman–Crippen MR) is 88.2 cm³/mol. The highest BCUT2D eigenvalue weighted by atomic mass is 16.5. The van der Waals surface area contributed by atoms with Crippen LogP contribution in [0.2, 0.25) is 0 Å². The lowest BCUT2D eigenvalue weighted by atomic mass is 10.1. The Hall–Kier alpha value is -2.16. The van der Waals surface area contributed by atoms with Crippen molar-refractivity contribution < 1.29 is 4.74 Å². The van der Waals surface area contributed by atoms with E-state index in [0.717, 1.165) is 30.9 Å². The van der Waals surface area contributed by atoms with Crippen molar-refractivity contribution in [2.24, 2.45) is 0 Å². The number of anilines is 2. The van der Waals surface area contributed by atoms with Crippen LogP contribution in [0.5, 0.6) is 5.75 Å². The van der Waals surface area contributed by atoms with Crippen LogP contribution < -0.4 is 15.4 Å². The maximum atomic E-state index is 5.65. The summed E-state index contributed by atoms with van der Waals surface area (Å²) < 4.78 is 5.65. The van der Waals surface area contributed by atoms with E-state index in [1.54, 1.807) is 0 Å². The van der Waals surface area contributed by atoms with Crippen molar-refractivity contribution in [3.63, 3.8) is 0 Å². The molecule has 0 saturated carbocycles. The minimum atomic E-state index is 0.210. The van der Waals surface area contributed by atoms with Crippen molar-refractivity contribution in [2.45, 2.75) is 32.9 Å². The van der Waals surface area contributed by atoms with Gasteiger partial charge < -0.3 is 15.4 Å². The third kappa shape index (κ3) is 3.30. The molecule has 2 aromatic rings. The molecule has 2 N–H and O–H groups in total. The Morgan fingerprint density at radius 2 is 1.95 bits per heavy atom. The lowest BCUT2D eigenvalue weighted by molar-refractivity contribution is 0.242. The monoisotopic (exact) mass is 282 g/mol. The van der Waals surface area contributed by atoms with Gasteiger partial charge in [-0.2, -0.15) is 0 Å². The Balaban J connectivity index is 1.64. The summed E-state index contributed by atoms with van der Waals surface area (Å²) in [5.74, 6) is 0.915. The first-order chi connectivity index (χ1) is 10.2. The lowest BCUT2D eigenvalue weighted by Crippen LogP contribution is -2.06. The van der Waals surface area contributed by atoms with Gasteiger partial charge in [-0.3, -0.25) is 0 Å². The third-order valence-corrected chi connectivity index (χ3v) is 3.64. The quantitative estimate of drug-likeness (QED) is 0.868. The van der Waals surface area contributed by atoms with Crippen LogP contribution in [-0.4, -0.2) is 12.6 Å². The van der Waals surface area contributed by atoms with Crippen molar-refractivity contribution in [1.82, 2.24) is 0 Å². The molecular weight excluding hydrogens is 260 g/mol. The normalized spacial score (nSPS) is 12.9. The topological polar surface area (TPSA) is 33.3 Å². The molecule has 0 saturated heterocycles. The highest BCUT2D eigenvalue weighted by molar-refractivity contribution is 5.62. The van der Waals surface area contributed by atoms with Crippen molar-refractivity contribution in [3.05, 3.63) is 53.6 Å². The summed E-state index contributed by atoms with van der Waals surface area (Å²) in [5, 5.41) is 6.95. The average molecular weight is 282 g/mol. The van der Waals surface area contributed by atoms with Crippen molar-refractivity contribution in [1.29, 1.82) is 0 Å². The number of fused-ring (bicyclic) bond motifs is 1. The summed E-state index contributed by atoms with van der Waals surface area (Å²) in [4.78, 5) is 0. The minimum absolute atomic E-state index is 0.210. The molecule has 110 valence electrons. The molecule has 0 atom stereocenters. The fourth-order valence-electron chi connectivity index (χ4n) is 2.68. The van der Waals surface area contributed by atoms with Gasteiger partial charge in [0.05, 0.1) is 6.10 Å². The zero-order valence-corrected chi connectivity index (χ0v) is 12.6. The largest absolute Gasteiger partial charge is 0.491 e. The molecule has 0 spiro atoms. The highest BCUT2D eigenvalue weighted by Gasteiger charge is 2.13. The van der Waals surface area contributed by atoms with Crippen LogP contribution in [0.1, 0.15) is 25.0 Å². The van der Waals surface area contributed by atoms with Crippen LogP contribution in [0.25, 0.3) is 0 Å². The Labute approximate surface area is 126 Å². The van der Waals surface area contributed by atoms with Gasteiger partial charge in [0.15, 0.2) is 0 Å². The number of hydrogen-bond donors (Lipinski definition) is 2. The summed E-state index contributed by atoms with van der Waals surface area (Å²) in [6.45, 7) is 5.96. The first-order valence-electron chi connectivity index (χ1n) is 7.57. The van der Waals surface area contributed by atoms with Gasteiger partial charge in [0, 0.05) is 24.5 Å². The smallest absolute Gasteiger partial charge is 0.119 e. The summed E-state index contributed by atoms with van der Waals surface area (Å²) >= 11 is 0. The van der Waals surface area contributed by atoms with E-state index in [4.69, 9.17) is 4.74 Å². The Morgan fingerprint density at radius 3 is 2.71 bits per heavy atom. The van der Waals surface area contributed by atoms with Gasteiger partial charge in [-0.25, -0.2) is 0 Å². The van der Waals surface area contributed by atoms with Crippen LogP contribution in [-0.2, 0) is 13.0 Å². The Bertz CT molecular complexity index is 605. The second-order valence-corrected chi connectivity index (χ2v) is 5.67. The average Bonchev–Trinajstić information content (AvgIpc) is 2.95. The standard InChI is InChI=1S/C18H22N2O/c1-13(2)21-17-8-6-16(7-9-17)20-12-15-5-3-4-14-10-11-19-18(14)15/h3-9,13,19-20H,10-12H2,1-2H3. The predicted octanol–water partition coefficient (Wildman–Crippen LogP) is 4.05. The SMILES string of the molecule is CC(C)Oc1ccc(NCc2cccc3c2NCC3)cc1. The van der Waals surface area contributed by atoms with Crippen LogP contribution in [0, 0.1) is 0 Å². The number of nitrogens with one attached hydrogen (secondary N) is 2. The summed E-state index contributed by atoms with van der Waals surface area (Å²) in [6, 6.07) is 14.7. The lowest BCUT2D eigenvalue weighted by Gasteiger charge is -2.13. The van der Waals surface area contributed by atoms with Gasteiger partial charge >= 0.3 is 0 Å². The van der Waals surface area contributed by atoms with E-state index in [2.05, 4.69) is 41.0 Å². The van der Waals surface area contributed by atoms with Gasteiger partial charge in [-0.05, 0) is 55.7 Å². The maximum absolute atomic E-state index is 5.65. The van der Waals surface area contributed by atoms with Gasteiger partial charge in [0.2, 0.25) is 0 Å². The molecule has 0 radical (unpaired) electrons. The number of ether oxygens (including phenoxy) is 1. The summed E-state index contributed by atoms with van der Waals surface area (Å²) in [6.07, 6.45) is 1.34. The zero-order chi connectivity index (χ0) is 14.7. The number of rotatable bonds is 5. The minimum Gasteiger partial charge on any atom is -0.491 e. The van der Waals surface area contributed by atoms with E-state index in [0.29, 0.717) is 0 Å². The molecule has 0 fully saturated rings. The molecule has 3 rings (SSSR count). The van der Waals surface area contributed by atoms with E-state index in [1.165, 1.54) is 16.8 Å². The molecule has 3 heteroatoms. The zero-order valence-electron chi connectivity index (χ0n) is 12.6. The Morgan fingerprint density at radius 1 is 1.14 bits per heavy atom. The molecule has 1 aliphatic heterocycles. The third-order valence-electron chi connectivity index (χ3n) is 3.64. The van der Waals surface area contributed by atoms with Crippen LogP contribution in [0.4, 0.5) is 11.4 Å². The molecule has 1 aliphatic rings. The second-order valence-electron chi connectivity index (χ2n) is 5.67. The molecular formula is C18H22N2O. The first-order valence-corrected chi connectivity index (χ1v) is 7.57. The molecule has 0 amide bonds. The van der Waals surface area contributed by atoms with E-state index >= 15 is 0 Å². The maximum Gasteiger partial charge on any atom is 0.119 e. The van der Waals surface area contributed by atoms with Crippen LogP contribution in [0.15, 0.2) is 42.5 Å². The van der Waals surface area contributed by atoms with E-state index in [-0.39, 0.29) is 6.10 Å². The second kappa shape index (κ2) is 6.08. The Kier molecular flexibility index (Phi) is 4.00. The molecule has 0 aliphatic carbocycles. The van der Waals surface area contributed by atoms with Gasteiger partial charge in [0.1, 0.15) is 5.75 Å². The van der Waals surface area contributed by atoms with E-state index < -0.39 is 0 Å². The van der Waals surface area contributed by atoms with Gasteiger partial charge in [-0.1, -0.05) is 18.2 Å². The highest BCUT2D eigenvalue weighted by Crippen LogP contribution is 2.27. The molecule has 0 unspecified atom stereocenters. The van der Waals surface area contributed by atoms with Crippen molar-refractivity contribution >= 4 is 11.4 Å². The van der Waals surface area contributed by atoms with Crippen LogP contribution in [0.3, 0.4) is 0 Å². The first kappa shape index (κ1) is 13.8. The van der Waals surface area contributed by atoms with Crippen molar-refractivity contribution in [2.75, 3.05) is 17.2 Å². The number of benzene rings is 2. The van der Waals surface area contributed by atoms with E-state index in [9.17, 15) is 0 Å². The van der Waals surface area contributed by atoms with E-state index in [1.807, 2.05) is 26.0 Å².